The molecule has 0 aromatic heterocycles. The van der Waals surface area contributed by atoms with Crippen molar-refractivity contribution in [1.82, 2.24) is 14.5 Å². The van der Waals surface area contributed by atoms with E-state index >= 15 is 0 Å². The summed E-state index contributed by atoms with van der Waals surface area (Å²) in [5, 5.41) is 2.79. The summed E-state index contributed by atoms with van der Waals surface area (Å²) in [6.07, 6.45) is 0. The second-order valence-corrected chi connectivity index (χ2v) is 9.14. The number of likely N-dealkylation sites (N-methyl/N-ethyl adjacent to an activating group) is 1. The number of hydrogen-bond donors (Lipinski definition) is 1. The molecule has 0 saturated heterocycles. The number of para-hydroxylation sites is 1. The van der Waals surface area contributed by atoms with E-state index in [1.54, 1.807) is 24.3 Å². The molecule has 158 valence electrons. The summed E-state index contributed by atoms with van der Waals surface area (Å²) in [5.74, 6) is 0.657. The number of amides is 1. The van der Waals surface area contributed by atoms with Crippen molar-refractivity contribution in [2.24, 2.45) is 0 Å². The van der Waals surface area contributed by atoms with Gasteiger partial charge in [0, 0.05) is 27.2 Å². The minimum absolute atomic E-state index is 0.148. The van der Waals surface area contributed by atoms with Crippen LogP contribution in [0.1, 0.15) is 11.1 Å². The first-order chi connectivity index (χ1) is 13.7. The first-order valence-corrected chi connectivity index (χ1v) is 10.8. The molecule has 0 heterocycles. The van der Waals surface area contributed by atoms with Gasteiger partial charge in [0.05, 0.1) is 11.4 Å². The molecule has 7 nitrogen and oxygen atoms in total. The van der Waals surface area contributed by atoms with Crippen LogP contribution in [0.25, 0.3) is 0 Å². The highest BCUT2D eigenvalue weighted by Gasteiger charge is 2.20. The molecule has 1 N–H and O–H groups in total. The zero-order valence-corrected chi connectivity index (χ0v) is 18.2. The second-order valence-electron chi connectivity index (χ2n) is 7.02. The Morgan fingerprint density at radius 2 is 1.69 bits per heavy atom. The molecule has 2 aromatic rings. The number of nitrogens with zero attached hydrogens (tertiary/aromatic N) is 2. The molecular weight excluding hydrogens is 390 g/mol. The molecular formula is C21H29N3O4S. The Kier molecular flexibility index (Phi) is 8.19. The third-order valence-electron chi connectivity index (χ3n) is 4.44. The van der Waals surface area contributed by atoms with Crippen molar-refractivity contribution in [3.63, 3.8) is 0 Å². The van der Waals surface area contributed by atoms with E-state index in [0.717, 1.165) is 15.6 Å². The van der Waals surface area contributed by atoms with E-state index in [1.165, 1.54) is 14.1 Å². The molecule has 1 amide bonds. The van der Waals surface area contributed by atoms with Gasteiger partial charge in [-0.2, -0.15) is 0 Å². The van der Waals surface area contributed by atoms with Crippen molar-refractivity contribution in [3.05, 3.63) is 59.7 Å². The number of rotatable bonds is 10. The molecule has 2 aromatic carbocycles. The highest BCUT2D eigenvalue weighted by molar-refractivity contribution is 7.89. The maximum atomic E-state index is 12.4. The van der Waals surface area contributed by atoms with Gasteiger partial charge in [0.25, 0.3) is 0 Å². The fraction of sp³-hybridized carbons (Fsp3) is 0.381. The summed E-state index contributed by atoms with van der Waals surface area (Å²) < 4.78 is 31.8. The monoisotopic (exact) mass is 419 g/mol. The van der Waals surface area contributed by atoms with Crippen LogP contribution in [0.4, 0.5) is 0 Å². The second kappa shape index (κ2) is 10.4. The van der Waals surface area contributed by atoms with Gasteiger partial charge >= 0.3 is 0 Å². The number of hydrogen-bond acceptors (Lipinski definition) is 5. The van der Waals surface area contributed by atoms with Crippen molar-refractivity contribution >= 4 is 15.9 Å². The van der Waals surface area contributed by atoms with Gasteiger partial charge in [-0.3, -0.25) is 9.69 Å². The number of carbonyl (C=O) groups is 1. The lowest BCUT2D eigenvalue weighted by atomic mass is 10.2. The van der Waals surface area contributed by atoms with Crippen LogP contribution in [0.5, 0.6) is 5.75 Å². The van der Waals surface area contributed by atoms with E-state index in [-0.39, 0.29) is 23.9 Å². The number of ether oxygens (including phenoxy) is 1. The Labute approximate surface area is 173 Å². The largest absolute Gasteiger partial charge is 0.492 e. The van der Waals surface area contributed by atoms with Crippen molar-refractivity contribution < 1.29 is 17.9 Å². The Morgan fingerprint density at radius 3 is 2.38 bits per heavy atom. The van der Waals surface area contributed by atoms with Gasteiger partial charge in [0.1, 0.15) is 12.4 Å². The van der Waals surface area contributed by atoms with Crippen LogP contribution in [0.2, 0.25) is 0 Å². The van der Waals surface area contributed by atoms with Crippen LogP contribution < -0.4 is 10.1 Å². The molecule has 0 unspecified atom stereocenters. The molecule has 0 aliphatic rings. The predicted molar refractivity (Wildman–Crippen MR) is 113 cm³/mol. The topological polar surface area (TPSA) is 79.0 Å². The van der Waals surface area contributed by atoms with Gasteiger partial charge in [-0.1, -0.05) is 36.4 Å². The van der Waals surface area contributed by atoms with Crippen LogP contribution >= 0.6 is 0 Å². The molecule has 0 spiro atoms. The first-order valence-electron chi connectivity index (χ1n) is 9.36. The molecule has 0 saturated carbocycles. The number of sulfonamides is 1. The van der Waals surface area contributed by atoms with Crippen molar-refractivity contribution in [2.75, 3.05) is 40.8 Å². The zero-order valence-electron chi connectivity index (χ0n) is 17.4. The predicted octanol–water partition coefficient (Wildman–Crippen LogP) is 1.87. The summed E-state index contributed by atoms with van der Waals surface area (Å²) in [5.41, 5.74) is 1.62. The standard InChI is InChI=1S/C21H29N3O4S/c1-17-9-5-7-11-19(17)28-14-13-24(4)16-21(25)22-15-18-10-6-8-12-20(18)29(26,27)23(2)3/h5-12H,13-16H2,1-4H3,(H,22,25). The van der Waals surface area contributed by atoms with Gasteiger partial charge in [-0.25, -0.2) is 12.7 Å². The summed E-state index contributed by atoms with van der Waals surface area (Å²) in [4.78, 5) is 14.3. The van der Waals surface area contributed by atoms with E-state index in [9.17, 15) is 13.2 Å². The molecule has 8 heteroatoms. The van der Waals surface area contributed by atoms with Gasteiger partial charge < -0.3 is 10.1 Å². The Bertz CT molecular complexity index is 929. The van der Waals surface area contributed by atoms with E-state index < -0.39 is 10.0 Å². The minimum Gasteiger partial charge on any atom is -0.492 e. The molecule has 2 rings (SSSR count). The molecule has 0 atom stereocenters. The SMILES string of the molecule is Cc1ccccc1OCCN(C)CC(=O)NCc1ccccc1S(=O)(=O)N(C)C. The number of nitrogens with one attached hydrogen (secondary N) is 1. The van der Waals surface area contributed by atoms with Crippen LogP contribution in [-0.4, -0.2) is 64.4 Å². The Morgan fingerprint density at radius 1 is 1.03 bits per heavy atom. The maximum Gasteiger partial charge on any atom is 0.242 e. The number of aryl methyl sites for hydroxylation is 1. The quantitative estimate of drug-likeness (QED) is 0.636. The lowest BCUT2D eigenvalue weighted by molar-refractivity contribution is -0.122. The summed E-state index contributed by atoms with van der Waals surface area (Å²) in [6, 6.07) is 14.5. The average molecular weight is 420 g/mol. The molecule has 0 fully saturated rings. The Hall–Kier alpha value is -2.42. The first kappa shape index (κ1) is 22.9. The highest BCUT2D eigenvalue weighted by atomic mass is 32.2. The van der Waals surface area contributed by atoms with Gasteiger partial charge in [0.2, 0.25) is 15.9 Å². The molecule has 29 heavy (non-hydrogen) atoms. The molecule has 0 aliphatic heterocycles. The fourth-order valence-corrected chi connectivity index (χ4v) is 3.82. The van der Waals surface area contributed by atoms with Crippen molar-refractivity contribution in [2.45, 2.75) is 18.4 Å². The van der Waals surface area contributed by atoms with Crippen LogP contribution in [-0.2, 0) is 21.4 Å². The minimum atomic E-state index is -3.57. The van der Waals surface area contributed by atoms with E-state index in [2.05, 4.69) is 5.32 Å². The maximum absolute atomic E-state index is 12.4. The van der Waals surface area contributed by atoms with Crippen LogP contribution in [0, 0.1) is 6.92 Å². The molecule has 0 bridgehead atoms. The van der Waals surface area contributed by atoms with Gasteiger partial charge in [-0.15, -0.1) is 0 Å². The fourth-order valence-electron chi connectivity index (χ4n) is 2.70. The third-order valence-corrected chi connectivity index (χ3v) is 6.36. The van der Waals surface area contributed by atoms with Crippen LogP contribution in [0.3, 0.4) is 0 Å². The lowest BCUT2D eigenvalue weighted by Crippen LogP contribution is -2.37. The summed E-state index contributed by atoms with van der Waals surface area (Å²) in [7, 11) is 1.24. The van der Waals surface area contributed by atoms with Crippen LogP contribution in [0.15, 0.2) is 53.4 Å². The van der Waals surface area contributed by atoms with Gasteiger partial charge in [0.15, 0.2) is 0 Å². The number of carbonyl (C=O) groups excluding carboxylic acids is 1. The van der Waals surface area contributed by atoms with E-state index in [1.807, 2.05) is 43.1 Å². The zero-order chi connectivity index (χ0) is 21.4. The van der Waals surface area contributed by atoms with E-state index in [4.69, 9.17) is 4.74 Å². The van der Waals surface area contributed by atoms with Crippen molar-refractivity contribution in [1.29, 1.82) is 0 Å². The highest BCUT2D eigenvalue weighted by Crippen LogP contribution is 2.18. The molecule has 0 radical (unpaired) electrons. The number of benzene rings is 2. The lowest BCUT2D eigenvalue weighted by Gasteiger charge is -2.18. The van der Waals surface area contributed by atoms with Gasteiger partial charge in [-0.05, 0) is 37.2 Å². The summed E-state index contributed by atoms with van der Waals surface area (Å²) >= 11 is 0. The Balaban J connectivity index is 1.84. The smallest absolute Gasteiger partial charge is 0.242 e. The normalized spacial score (nSPS) is 11.7. The summed E-state index contributed by atoms with van der Waals surface area (Å²) in [6.45, 7) is 3.39. The van der Waals surface area contributed by atoms with E-state index in [0.29, 0.717) is 18.7 Å². The molecule has 0 aliphatic carbocycles. The third kappa shape index (κ3) is 6.56. The van der Waals surface area contributed by atoms with Crippen molar-refractivity contribution in [3.8, 4) is 5.75 Å². The average Bonchev–Trinajstić information content (AvgIpc) is 2.68.